The fourth-order valence-corrected chi connectivity index (χ4v) is 2.27. The van der Waals surface area contributed by atoms with Gasteiger partial charge in [-0.25, -0.2) is 5.43 Å². The Bertz CT molecular complexity index is 670. The highest BCUT2D eigenvalue weighted by molar-refractivity contribution is 9.10. The molecule has 22 heavy (non-hydrogen) atoms. The van der Waals surface area contributed by atoms with Crippen LogP contribution in [-0.4, -0.2) is 18.7 Å². The maximum Gasteiger partial charge on any atom is 0.277 e. The molecule has 2 aromatic carbocycles. The molecule has 114 valence electrons. The molecule has 0 fully saturated rings. The molecule has 0 saturated heterocycles. The third-order valence-electron chi connectivity index (χ3n) is 2.57. The summed E-state index contributed by atoms with van der Waals surface area (Å²) in [5.41, 5.74) is 2.89. The first-order chi connectivity index (χ1) is 10.6. The monoisotopic (exact) mass is 400 g/mol. The molecule has 2 rings (SSSR count). The van der Waals surface area contributed by atoms with Gasteiger partial charge in [-0.1, -0.05) is 45.2 Å². The van der Waals surface area contributed by atoms with Crippen molar-refractivity contribution in [2.45, 2.75) is 0 Å². The molecular formula is C15H11BrCl2N2O2. The molecule has 0 saturated carbocycles. The Morgan fingerprint density at radius 3 is 2.45 bits per heavy atom. The molecule has 0 aliphatic carbocycles. The zero-order valence-corrected chi connectivity index (χ0v) is 14.3. The highest BCUT2D eigenvalue weighted by atomic mass is 79.9. The van der Waals surface area contributed by atoms with Crippen LogP contribution in [0.15, 0.2) is 52.0 Å². The van der Waals surface area contributed by atoms with Crippen LogP contribution >= 0.6 is 39.1 Å². The first kappa shape index (κ1) is 16.8. The van der Waals surface area contributed by atoms with Crippen molar-refractivity contribution in [3.05, 3.63) is 62.5 Å². The summed E-state index contributed by atoms with van der Waals surface area (Å²) in [5, 5.41) is 4.72. The van der Waals surface area contributed by atoms with Crippen molar-refractivity contribution < 1.29 is 9.53 Å². The van der Waals surface area contributed by atoms with E-state index in [1.807, 2.05) is 12.1 Å². The van der Waals surface area contributed by atoms with E-state index >= 15 is 0 Å². The van der Waals surface area contributed by atoms with Gasteiger partial charge in [0, 0.05) is 10.0 Å². The van der Waals surface area contributed by atoms with Gasteiger partial charge in [-0.3, -0.25) is 4.79 Å². The van der Waals surface area contributed by atoms with Crippen molar-refractivity contribution >= 4 is 51.3 Å². The van der Waals surface area contributed by atoms with Crippen molar-refractivity contribution in [3.8, 4) is 5.75 Å². The Morgan fingerprint density at radius 1 is 1.18 bits per heavy atom. The molecule has 0 spiro atoms. The van der Waals surface area contributed by atoms with Gasteiger partial charge in [-0.15, -0.1) is 0 Å². The van der Waals surface area contributed by atoms with E-state index in [4.69, 9.17) is 27.9 Å². The number of hydrazone groups is 1. The number of ether oxygens (including phenoxy) is 1. The maximum atomic E-state index is 11.6. The lowest BCUT2D eigenvalue weighted by Gasteiger charge is -2.05. The van der Waals surface area contributed by atoms with Crippen LogP contribution in [0.4, 0.5) is 0 Å². The largest absolute Gasteiger partial charge is 0.484 e. The third kappa shape index (κ3) is 5.02. The zero-order chi connectivity index (χ0) is 15.9. The first-order valence-electron chi connectivity index (χ1n) is 6.20. The molecule has 4 nitrogen and oxygen atoms in total. The van der Waals surface area contributed by atoms with E-state index in [1.165, 1.54) is 6.21 Å². The summed E-state index contributed by atoms with van der Waals surface area (Å²) in [5.74, 6) is 0.207. The molecule has 2 aromatic rings. The summed E-state index contributed by atoms with van der Waals surface area (Å²) in [6.07, 6.45) is 1.39. The third-order valence-corrected chi connectivity index (χ3v) is 3.75. The molecule has 0 atom stereocenters. The lowest BCUT2D eigenvalue weighted by atomic mass is 10.2. The van der Waals surface area contributed by atoms with Gasteiger partial charge in [0.25, 0.3) is 5.91 Å². The Morgan fingerprint density at radius 2 is 1.82 bits per heavy atom. The smallest absolute Gasteiger partial charge is 0.277 e. The Hall–Kier alpha value is -1.56. The number of amides is 1. The van der Waals surface area contributed by atoms with Gasteiger partial charge in [0.1, 0.15) is 5.75 Å². The number of rotatable bonds is 5. The lowest BCUT2D eigenvalue weighted by molar-refractivity contribution is -0.123. The van der Waals surface area contributed by atoms with E-state index in [0.29, 0.717) is 21.4 Å². The summed E-state index contributed by atoms with van der Waals surface area (Å²) >= 11 is 15.3. The van der Waals surface area contributed by atoms with Crippen LogP contribution in [0, 0.1) is 0 Å². The van der Waals surface area contributed by atoms with Gasteiger partial charge < -0.3 is 4.74 Å². The van der Waals surface area contributed by atoms with Crippen molar-refractivity contribution in [1.82, 2.24) is 5.43 Å². The summed E-state index contributed by atoms with van der Waals surface area (Å²) < 4.78 is 6.25. The number of hydrogen-bond acceptors (Lipinski definition) is 3. The quantitative estimate of drug-likeness (QED) is 0.600. The summed E-state index contributed by atoms with van der Waals surface area (Å²) in [6, 6.07) is 12.3. The summed E-state index contributed by atoms with van der Waals surface area (Å²) in [4.78, 5) is 11.6. The first-order valence-corrected chi connectivity index (χ1v) is 7.75. The van der Waals surface area contributed by atoms with E-state index in [0.717, 1.165) is 4.47 Å². The van der Waals surface area contributed by atoms with E-state index in [2.05, 4.69) is 26.5 Å². The highest BCUT2D eigenvalue weighted by Gasteiger charge is 2.04. The van der Waals surface area contributed by atoms with E-state index in [-0.39, 0.29) is 12.5 Å². The summed E-state index contributed by atoms with van der Waals surface area (Å²) in [7, 11) is 0. The van der Waals surface area contributed by atoms with E-state index < -0.39 is 0 Å². The van der Waals surface area contributed by atoms with Crippen molar-refractivity contribution in [3.63, 3.8) is 0 Å². The second-order valence-corrected chi connectivity index (χ2v) is 5.90. The molecule has 0 heterocycles. The fourth-order valence-electron chi connectivity index (χ4n) is 1.51. The second-order valence-electron chi connectivity index (χ2n) is 4.17. The molecule has 7 heteroatoms. The number of carbonyl (C=O) groups excluding carboxylic acids is 1. The lowest BCUT2D eigenvalue weighted by Crippen LogP contribution is -2.24. The van der Waals surface area contributed by atoms with Crippen LogP contribution in [0.25, 0.3) is 0 Å². The Kier molecular flexibility index (Phi) is 6.24. The Labute approximate surface area is 146 Å². The fraction of sp³-hybridized carbons (Fsp3) is 0.0667. The number of hydrogen-bond donors (Lipinski definition) is 1. The molecule has 1 amide bonds. The average molecular weight is 402 g/mol. The van der Waals surface area contributed by atoms with Crippen LogP contribution in [0.5, 0.6) is 5.75 Å². The van der Waals surface area contributed by atoms with Crippen LogP contribution in [0.3, 0.4) is 0 Å². The van der Waals surface area contributed by atoms with Crippen LogP contribution in [0.2, 0.25) is 10.0 Å². The number of nitrogens with one attached hydrogen (secondary N) is 1. The molecule has 0 radical (unpaired) electrons. The van der Waals surface area contributed by atoms with Gasteiger partial charge >= 0.3 is 0 Å². The number of nitrogens with zero attached hydrogens (tertiary/aromatic N) is 1. The number of halogens is 3. The Balaban J connectivity index is 1.85. The van der Waals surface area contributed by atoms with Gasteiger partial charge in [0.05, 0.1) is 16.3 Å². The minimum absolute atomic E-state index is 0.144. The molecule has 0 aliphatic heterocycles. The molecule has 0 bridgehead atoms. The van der Waals surface area contributed by atoms with Gasteiger partial charge in [-0.05, 0) is 36.4 Å². The van der Waals surface area contributed by atoms with Crippen LogP contribution < -0.4 is 10.2 Å². The highest BCUT2D eigenvalue weighted by Crippen LogP contribution is 2.22. The molecular weight excluding hydrogens is 391 g/mol. The SMILES string of the molecule is O=C(COc1ccc(Br)cc1)N/N=C/c1c(Cl)cccc1Cl. The average Bonchev–Trinajstić information content (AvgIpc) is 2.50. The number of carbonyl (C=O) groups is 1. The topological polar surface area (TPSA) is 50.7 Å². The van der Waals surface area contributed by atoms with Gasteiger partial charge in [0.2, 0.25) is 0 Å². The van der Waals surface area contributed by atoms with Gasteiger partial charge in [0.15, 0.2) is 6.61 Å². The van der Waals surface area contributed by atoms with Crippen molar-refractivity contribution in [2.24, 2.45) is 5.10 Å². The van der Waals surface area contributed by atoms with Crippen LogP contribution in [-0.2, 0) is 4.79 Å². The van der Waals surface area contributed by atoms with Crippen LogP contribution in [0.1, 0.15) is 5.56 Å². The van der Waals surface area contributed by atoms with Crippen molar-refractivity contribution in [2.75, 3.05) is 6.61 Å². The minimum Gasteiger partial charge on any atom is -0.484 e. The molecule has 1 N–H and O–H groups in total. The molecule has 0 unspecified atom stereocenters. The second kappa shape index (κ2) is 8.17. The summed E-state index contributed by atoms with van der Waals surface area (Å²) in [6.45, 7) is -0.144. The standard InChI is InChI=1S/C15H11BrCl2N2O2/c16-10-4-6-11(7-5-10)22-9-15(21)20-19-8-12-13(17)2-1-3-14(12)18/h1-8H,9H2,(H,20,21)/b19-8+. The molecule has 0 aliphatic rings. The van der Waals surface area contributed by atoms with Crippen molar-refractivity contribution in [1.29, 1.82) is 0 Å². The minimum atomic E-state index is -0.387. The van der Waals surface area contributed by atoms with E-state index in [1.54, 1.807) is 30.3 Å². The maximum absolute atomic E-state index is 11.6. The zero-order valence-electron chi connectivity index (χ0n) is 11.2. The van der Waals surface area contributed by atoms with Gasteiger partial charge in [-0.2, -0.15) is 5.10 Å². The normalized spacial score (nSPS) is 10.7. The predicted molar refractivity (Wildman–Crippen MR) is 91.8 cm³/mol. The predicted octanol–water partition coefficient (Wildman–Crippen LogP) is 4.29. The number of benzene rings is 2. The molecule has 0 aromatic heterocycles. The van der Waals surface area contributed by atoms with E-state index in [9.17, 15) is 4.79 Å².